The number of carbonyl (C=O) groups excluding carboxylic acids is 1. The van der Waals surface area contributed by atoms with E-state index in [-0.39, 0.29) is 24.7 Å². The van der Waals surface area contributed by atoms with Crippen molar-refractivity contribution in [3.05, 3.63) is 0 Å². The summed E-state index contributed by atoms with van der Waals surface area (Å²) in [4.78, 5) is 13.2. The number of carbonyl (C=O) groups is 1. The van der Waals surface area contributed by atoms with E-state index in [2.05, 4.69) is 0 Å². The van der Waals surface area contributed by atoms with Gasteiger partial charge in [-0.25, -0.2) is 0 Å². The highest BCUT2D eigenvalue weighted by atomic mass is 16.5. The predicted molar refractivity (Wildman–Crippen MR) is 55.2 cm³/mol. The molecule has 1 atom stereocenters. The Morgan fingerprint density at radius 2 is 1.93 bits per heavy atom. The van der Waals surface area contributed by atoms with E-state index in [4.69, 9.17) is 9.47 Å². The van der Waals surface area contributed by atoms with Gasteiger partial charge in [0.05, 0.1) is 18.8 Å². The molecular weight excluding hydrogens is 182 g/mol. The van der Waals surface area contributed by atoms with Crippen molar-refractivity contribution in [3.8, 4) is 0 Å². The van der Waals surface area contributed by atoms with Crippen molar-refractivity contribution in [2.75, 3.05) is 27.4 Å². The van der Waals surface area contributed by atoms with Crippen LogP contribution >= 0.6 is 0 Å². The third-order valence-corrected chi connectivity index (χ3v) is 2.00. The van der Waals surface area contributed by atoms with Crippen molar-refractivity contribution in [3.63, 3.8) is 0 Å². The molecule has 0 N–H and O–H groups in total. The lowest BCUT2D eigenvalue weighted by atomic mass is 10.3. The summed E-state index contributed by atoms with van der Waals surface area (Å²) in [5.41, 5.74) is 0. The van der Waals surface area contributed by atoms with Crippen molar-refractivity contribution in [1.82, 2.24) is 4.90 Å². The molecule has 0 saturated heterocycles. The molecule has 84 valence electrons. The molecule has 0 aliphatic carbocycles. The van der Waals surface area contributed by atoms with Gasteiger partial charge in [0.2, 0.25) is 5.91 Å². The second-order valence-corrected chi connectivity index (χ2v) is 3.67. The van der Waals surface area contributed by atoms with Gasteiger partial charge < -0.3 is 14.4 Å². The Balaban J connectivity index is 3.86. The lowest BCUT2D eigenvalue weighted by Crippen LogP contribution is -2.40. The highest BCUT2D eigenvalue weighted by Gasteiger charge is 2.15. The lowest BCUT2D eigenvalue weighted by molar-refractivity contribution is -0.138. The van der Waals surface area contributed by atoms with Crippen molar-refractivity contribution >= 4 is 5.91 Å². The summed E-state index contributed by atoms with van der Waals surface area (Å²) in [6.07, 6.45) is 0.0880. The molecule has 0 fully saturated rings. The van der Waals surface area contributed by atoms with E-state index in [1.54, 1.807) is 19.1 Å². The molecule has 0 aliphatic rings. The summed E-state index contributed by atoms with van der Waals surface area (Å²) < 4.78 is 10.2. The molecule has 0 aliphatic heterocycles. The number of methoxy groups -OCH3 is 1. The fourth-order valence-electron chi connectivity index (χ4n) is 0.939. The lowest BCUT2D eigenvalue weighted by Gasteiger charge is -2.24. The average Bonchev–Trinajstić information content (AvgIpc) is 2.13. The molecule has 4 heteroatoms. The van der Waals surface area contributed by atoms with Gasteiger partial charge in [-0.2, -0.15) is 0 Å². The number of hydrogen-bond donors (Lipinski definition) is 0. The number of likely N-dealkylation sites (N-methyl/N-ethyl adjacent to an activating group) is 1. The third-order valence-electron chi connectivity index (χ3n) is 2.00. The summed E-state index contributed by atoms with van der Waals surface area (Å²) in [7, 11) is 3.38. The minimum atomic E-state index is -0.0109. The molecule has 0 saturated carbocycles. The summed E-state index contributed by atoms with van der Waals surface area (Å²) in [5.74, 6) is -0.0109. The highest BCUT2D eigenvalue weighted by Crippen LogP contribution is 1.98. The third kappa shape index (κ3) is 5.19. The Hall–Kier alpha value is -0.610. The number of ether oxygens (including phenoxy) is 2. The van der Waals surface area contributed by atoms with Crippen LogP contribution in [0.15, 0.2) is 0 Å². The fraction of sp³-hybridized carbons (Fsp3) is 0.900. The van der Waals surface area contributed by atoms with Crippen LogP contribution in [0.1, 0.15) is 20.8 Å². The minimum absolute atomic E-state index is 0.0109. The topological polar surface area (TPSA) is 38.8 Å². The molecule has 14 heavy (non-hydrogen) atoms. The molecule has 0 spiro atoms. The molecule has 0 aromatic rings. The van der Waals surface area contributed by atoms with Crippen LogP contribution in [-0.4, -0.2) is 50.3 Å². The van der Waals surface area contributed by atoms with Gasteiger partial charge in [-0.3, -0.25) is 4.79 Å². The molecule has 0 heterocycles. The molecule has 0 rings (SSSR count). The normalized spacial score (nSPS) is 13.0. The van der Waals surface area contributed by atoms with Crippen LogP contribution in [0.4, 0.5) is 0 Å². The van der Waals surface area contributed by atoms with Gasteiger partial charge in [0, 0.05) is 14.2 Å². The van der Waals surface area contributed by atoms with Crippen LogP contribution in [-0.2, 0) is 14.3 Å². The first kappa shape index (κ1) is 13.4. The minimum Gasteiger partial charge on any atom is -0.383 e. The van der Waals surface area contributed by atoms with Crippen LogP contribution in [0.5, 0.6) is 0 Å². The zero-order chi connectivity index (χ0) is 11.1. The van der Waals surface area contributed by atoms with Gasteiger partial charge in [0.1, 0.15) is 6.61 Å². The van der Waals surface area contributed by atoms with Crippen molar-refractivity contribution in [2.45, 2.75) is 32.9 Å². The Bertz CT molecular complexity index is 171. The predicted octanol–water partition coefficient (Wildman–Crippen LogP) is 0.905. The SMILES string of the molecule is COCC(C)N(C)C(=O)COC(C)C. The largest absolute Gasteiger partial charge is 0.383 e. The second kappa shape index (κ2) is 6.79. The molecule has 1 unspecified atom stereocenters. The molecule has 4 nitrogen and oxygen atoms in total. The van der Waals surface area contributed by atoms with Crippen molar-refractivity contribution in [2.24, 2.45) is 0 Å². The van der Waals surface area contributed by atoms with Gasteiger partial charge in [0.25, 0.3) is 0 Å². The van der Waals surface area contributed by atoms with Crippen LogP contribution in [0.25, 0.3) is 0 Å². The van der Waals surface area contributed by atoms with Gasteiger partial charge in [0.15, 0.2) is 0 Å². The molecule has 0 aromatic carbocycles. The average molecular weight is 203 g/mol. The van der Waals surface area contributed by atoms with E-state index in [0.717, 1.165) is 0 Å². The summed E-state index contributed by atoms with van der Waals surface area (Å²) in [6, 6.07) is 0.0864. The van der Waals surface area contributed by atoms with Crippen LogP contribution < -0.4 is 0 Å². The van der Waals surface area contributed by atoms with E-state index >= 15 is 0 Å². The first-order chi connectivity index (χ1) is 6.49. The van der Waals surface area contributed by atoms with Crippen molar-refractivity contribution in [1.29, 1.82) is 0 Å². The number of nitrogens with zero attached hydrogens (tertiary/aromatic N) is 1. The Labute approximate surface area is 86.2 Å². The second-order valence-electron chi connectivity index (χ2n) is 3.67. The Morgan fingerprint density at radius 1 is 1.36 bits per heavy atom. The maximum atomic E-state index is 11.5. The number of amides is 1. The maximum Gasteiger partial charge on any atom is 0.248 e. The van der Waals surface area contributed by atoms with Gasteiger partial charge in [-0.05, 0) is 20.8 Å². The monoisotopic (exact) mass is 203 g/mol. The smallest absolute Gasteiger partial charge is 0.248 e. The van der Waals surface area contributed by atoms with E-state index in [0.29, 0.717) is 6.61 Å². The quantitative estimate of drug-likeness (QED) is 0.644. The van der Waals surface area contributed by atoms with E-state index in [1.165, 1.54) is 0 Å². The van der Waals surface area contributed by atoms with E-state index in [1.807, 2.05) is 20.8 Å². The number of rotatable bonds is 6. The first-order valence-corrected chi connectivity index (χ1v) is 4.85. The van der Waals surface area contributed by atoms with Crippen molar-refractivity contribution < 1.29 is 14.3 Å². The molecule has 0 radical (unpaired) electrons. The van der Waals surface area contributed by atoms with E-state index in [9.17, 15) is 4.79 Å². The molecular formula is C10H21NO3. The zero-order valence-corrected chi connectivity index (χ0v) is 9.74. The van der Waals surface area contributed by atoms with Crippen LogP contribution in [0.2, 0.25) is 0 Å². The Morgan fingerprint density at radius 3 is 2.36 bits per heavy atom. The molecule has 1 amide bonds. The first-order valence-electron chi connectivity index (χ1n) is 4.85. The standard InChI is InChI=1S/C10H21NO3/c1-8(2)14-7-10(12)11(4)9(3)6-13-5/h8-9H,6-7H2,1-5H3. The van der Waals surface area contributed by atoms with Gasteiger partial charge in [-0.15, -0.1) is 0 Å². The zero-order valence-electron chi connectivity index (χ0n) is 9.74. The highest BCUT2D eigenvalue weighted by molar-refractivity contribution is 5.77. The summed E-state index contributed by atoms with van der Waals surface area (Å²) in [6.45, 7) is 6.45. The van der Waals surface area contributed by atoms with Crippen LogP contribution in [0.3, 0.4) is 0 Å². The van der Waals surface area contributed by atoms with Gasteiger partial charge >= 0.3 is 0 Å². The van der Waals surface area contributed by atoms with Crippen LogP contribution in [0, 0.1) is 0 Å². The summed E-state index contributed by atoms with van der Waals surface area (Å²) in [5, 5.41) is 0. The number of hydrogen-bond acceptors (Lipinski definition) is 3. The van der Waals surface area contributed by atoms with E-state index < -0.39 is 0 Å². The maximum absolute atomic E-state index is 11.5. The molecule has 0 bridgehead atoms. The summed E-state index contributed by atoms with van der Waals surface area (Å²) >= 11 is 0. The fourth-order valence-corrected chi connectivity index (χ4v) is 0.939. The Kier molecular flexibility index (Phi) is 6.49. The van der Waals surface area contributed by atoms with Gasteiger partial charge in [-0.1, -0.05) is 0 Å². The molecule has 0 aromatic heterocycles.